The highest BCUT2D eigenvalue weighted by Gasteiger charge is 2.25. The summed E-state index contributed by atoms with van der Waals surface area (Å²) in [6, 6.07) is 11.9. The molecule has 0 unspecified atom stereocenters. The van der Waals surface area contributed by atoms with Gasteiger partial charge < -0.3 is 19.9 Å². The summed E-state index contributed by atoms with van der Waals surface area (Å²) in [6.07, 6.45) is 0. The monoisotopic (exact) mass is 382 g/mol. The van der Waals surface area contributed by atoms with E-state index in [1.165, 1.54) is 12.1 Å². The van der Waals surface area contributed by atoms with Crippen molar-refractivity contribution in [2.24, 2.45) is 0 Å². The second-order valence-corrected chi connectivity index (χ2v) is 6.24. The van der Waals surface area contributed by atoms with Crippen LogP contribution in [0.3, 0.4) is 0 Å². The van der Waals surface area contributed by atoms with Crippen LogP contribution in [0.1, 0.15) is 15.9 Å². The summed E-state index contributed by atoms with van der Waals surface area (Å²) in [4.78, 5) is 28.3. The zero-order valence-corrected chi connectivity index (χ0v) is 15.3. The molecule has 0 bridgehead atoms. The third kappa shape index (κ3) is 4.20. The highest BCUT2D eigenvalue weighted by Crippen LogP contribution is 2.18. The molecule has 0 aliphatic carbocycles. The molecule has 7 nitrogen and oxygen atoms in total. The van der Waals surface area contributed by atoms with E-state index < -0.39 is 5.82 Å². The molecule has 0 atom stereocenters. The van der Waals surface area contributed by atoms with Crippen molar-refractivity contribution < 1.29 is 18.7 Å². The number of ether oxygens (including phenoxy) is 1. The van der Waals surface area contributed by atoms with Gasteiger partial charge in [0, 0.05) is 31.7 Å². The fraction of sp³-hybridized carbons (Fsp3) is 0.250. The van der Waals surface area contributed by atoms with Crippen molar-refractivity contribution >= 4 is 17.6 Å². The first-order valence-corrected chi connectivity index (χ1v) is 8.70. The number of hydrogen-bond acceptors (Lipinski definition) is 4. The molecule has 3 rings (SSSR count). The molecule has 8 heteroatoms. The number of hydrogen-bond donors (Lipinski definition) is 1. The lowest BCUT2D eigenvalue weighted by Crippen LogP contribution is -2.51. The minimum absolute atomic E-state index is 0.0571. The Morgan fingerprint density at radius 2 is 1.71 bits per heavy atom. The van der Waals surface area contributed by atoms with Crippen molar-refractivity contribution in [1.29, 1.82) is 5.26 Å². The van der Waals surface area contributed by atoms with Gasteiger partial charge in [-0.3, -0.25) is 4.79 Å². The summed E-state index contributed by atoms with van der Waals surface area (Å²) in [5.41, 5.74) is 0.871. The first-order chi connectivity index (χ1) is 13.5. The molecular weight excluding hydrogens is 363 g/mol. The molecule has 0 radical (unpaired) electrons. The molecule has 1 fully saturated rings. The topological polar surface area (TPSA) is 85.7 Å². The normalized spacial score (nSPS) is 13.6. The van der Waals surface area contributed by atoms with Gasteiger partial charge in [-0.1, -0.05) is 0 Å². The van der Waals surface area contributed by atoms with Gasteiger partial charge in [-0.2, -0.15) is 5.26 Å². The Morgan fingerprint density at radius 1 is 1.07 bits per heavy atom. The van der Waals surface area contributed by atoms with E-state index >= 15 is 0 Å². The van der Waals surface area contributed by atoms with Gasteiger partial charge in [0.1, 0.15) is 17.6 Å². The van der Waals surface area contributed by atoms with Crippen LogP contribution >= 0.6 is 0 Å². The molecule has 0 saturated carbocycles. The van der Waals surface area contributed by atoms with Gasteiger partial charge in [-0.05, 0) is 42.5 Å². The predicted molar refractivity (Wildman–Crippen MR) is 101 cm³/mol. The Morgan fingerprint density at radius 3 is 2.32 bits per heavy atom. The lowest BCUT2D eigenvalue weighted by atomic mass is 10.1. The molecule has 1 aliphatic rings. The molecule has 0 spiro atoms. The summed E-state index contributed by atoms with van der Waals surface area (Å²) in [5.74, 6) is 0.0313. The van der Waals surface area contributed by atoms with Gasteiger partial charge in [-0.15, -0.1) is 0 Å². The number of amides is 3. The number of nitriles is 1. The molecule has 28 heavy (non-hydrogen) atoms. The van der Waals surface area contributed by atoms with Crippen LogP contribution < -0.4 is 10.1 Å². The lowest BCUT2D eigenvalue weighted by molar-refractivity contribution is 0.0671. The molecule has 1 heterocycles. The maximum atomic E-state index is 13.2. The summed E-state index contributed by atoms with van der Waals surface area (Å²) in [6.45, 7) is 1.51. The highest BCUT2D eigenvalue weighted by atomic mass is 19.1. The van der Waals surface area contributed by atoms with Crippen LogP contribution in [0, 0.1) is 17.1 Å². The largest absolute Gasteiger partial charge is 0.497 e. The Bertz CT molecular complexity index is 916. The van der Waals surface area contributed by atoms with Crippen LogP contribution in [-0.4, -0.2) is 55.0 Å². The summed E-state index contributed by atoms with van der Waals surface area (Å²) in [5, 5.41) is 11.7. The lowest BCUT2D eigenvalue weighted by Gasteiger charge is -2.34. The Balaban J connectivity index is 1.58. The van der Waals surface area contributed by atoms with E-state index in [1.807, 2.05) is 6.07 Å². The molecule has 144 valence electrons. The number of halogens is 1. The van der Waals surface area contributed by atoms with Crippen LogP contribution in [0.15, 0.2) is 42.5 Å². The standard InChI is InChI=1S/C20H19FN4O3/c1-28-17-5-2-14(3-6-17)19(26)24-8-10-25(11-9-24)20(27)23-18-7-4-16(21)12-15(18)13-22/h2-7,12H,8-11H2,1H3,(H,23,27). The van der Waals surface area contributed by atoms with E-state index in [-0.39, 0.29) is 23.2 Å². The first kappa shape index (κ1) is 19.2. The van der Waals surface area contributed by atoms with Crippen molar-refractivity contribution in [3.8, 4) is 11.8 Å². The number of piperazine rings is 1. The fourth-order valence-electron chi connectivity index (χ4n) is 2.94. The van der Waals surface area contributed by atoms with Gasteiger partial charge in [0.05, 0.1) is 18.4 Å². The Kier molecular flexibility index (Phi) is 5.75. The van der Waals surface area contributed by atoms with Crippen LogP contribution in [0.2, 0.25) is 0 Å². The van der Waals surface area contributed by atoms with Crippen molar-refractivity contribution in [2.45, 2.75) is 0 Å². The predicted octanol–water partition coefficient (Wildman–Crippen LogP) is 2.70. The van der Waals surface area contributed by atoms with Crippen molar-refractivity contribution in [2.75, 3.05) is 38.6 Å². The van der Waals surface area contributed by atoms with Gasteiger partial charge in [-0.25, -0.2) is 9.18 Å². The molecule has 3 amide bonds. The van der Waals surface area contributed by atoms with Gasteiger partial charge in [0.25, 0.3) is 5.91 Å². The Hall–Kier alpha value is -3.60. The summed E-state index contributed by atoms with van der Waals surface area (Å²) >= 11 is 0. The van der Waals surface area contributed by atoms with E-state index in [0.29, 0.717) is 37.5 Å². The SMILES string of the molecule is COc1ccc(C(=O)N2CCN(C(=O)Nc3ccc(F)cc3C#N)CC2)cc1. The fourth-order valence-corrected chi connectivity index (χ4v) is 2.94. The number of carbonyl (C=O) groups excluding carboxylic acids is 2. The van der Waals surface area contributed by atoms with E-state index in [1.54, 1.807) is 41.2 Å². The molecule has 1 N–H and O–H groups in total. The number of nitrogens with one attached hydrogen (secondary N) is 1. The van der Waals surface area contributed by atoms with Crippen molar-refractivity contribution in [1.82, 2.24) is 9.80 Å². The van der Waals surface area contributed by atoms with Gasteiger partial charge in [0.2, 0.25) is 0 Å². The van der Waals surface area contributed by atoms with Gasteiger partial charge >= 0.3 is 6.03 Å². The third-order valence-electron chi connectivity index (χ3n) is 4.53. The molecule has 0 aromatic heterocycles. The maximum Gasteiger partial charge on any atom is 0.322 e. The number of carbonyl (C=O) groups is 2. The van der Waals surface area contributed by atoms with Crippen LogP contribution in [0.5, 0.6) is 5.75 Å². The summed E-state index contributed by atoms with van der Waals surface area (Å²) < 4.78 is 18.3. The van der Waals surface area contributed by atoms with E-state index in [4.69, 9.17) is 10.00 Å². The number of nitrogens with zero attached hydrogens (tertiary/aromatic N) is 3. The van der Waals surface area contributed by atoms with Crippen LogP contribution in [0.25, 0.3) is 0 Å². The second kappa shape index (κ2) is 8.39. The van der Waals surface area contributed by atoms with Crippen LogP contribution in [0.4, 0.5) is 14.9 Å². The minimum Gasteiger partial charge on any atom is -0.497 e. The average Bonchev–Trinajstić information content (AvgIpc) is 2.74. The maximum absolute atomic E-state index is 13.2. The average molecular weight is 382 g/mol. The molecule has 2 aromatic rings. The molecule has 2 aromatic carbocycles. The quantitative estimate of drug-likeness (QED) is 0.884. The third-order valence-corrected chi connectivity index (χ3v) is 4.53. The van der Waals surface area contributed by atoms with E-state index in [0.717, 1.165) is 6.07 Å². The van der Waals surface area contributed by atoms with E-state index in [2.05, 4.69) is 5.32 Å². The van der Waals surface area contributed by atoms with E-state index in [9.17, 15) is 14.0 Å². The number of rotatable bonds is 3. The number of anilines is 1. The zero-order chi connectivity index (χ0) is 20.1. The molecule has 1 aliphatic heterocycles. The number of urea groups is 1. The Labute approximate surface area is 161 Å². The first-order valence-electron chi connectivity index (χ1n) is 8.70. The van der Waals surface area contributed by atoms with Crippen molar-refractivity contribution in [3.63, 3.8) is 0 Å². The second-order valence-electron chi connectivity index (χ2n) is 6.24. The zero-order valence-electron chi connectivity index (χ0n) is 15.3. The highest BCUT2D eigenvalue weighted by molar-refractivity contribution is 5.95. The number of methoxy groups -OCH3 is 1. The van der Waals surface area contributed by atoms with Gasteiger partial charge in [0.15, 0.2) is 0 Å². The van der Waals surface area contributed by atoms with Crippen molar-refractivity contribution in [3.05, 3.63) is 59.4 Å². The smallest absolute Gasteiger partial charge is 0.322 e. The molecular formula is C20H19FN4O3. The molecule has 1 saturated heterocycles. The summed E-state index contributed by atoms with van der Waals surface area (Å²) in [7, 11) is 1.56. The minimum atomic E-state index is -0.541. The van der Waals surface area contributed by atoms with Crippen LogP contribution in [-0.2, 0) is 0 Å². The number of benzene rings is 2.